The lowest BCUT2D eigenvalue weighted by molar-refractivity contribution is -0.120. The Balaban J connectivity index is 1.86. The van der Waals surface area contributed by atoms with Crippen LogP contribution in [0.2, 0.25) is 0 Å². The van der Waals surface area contributed by atoms with E-state index < -0.39 is 0 Å². The molecule has 1 N–H and O–H groups in total. The van der Waals surface area contributed by atoms with Gasteiger partial charge in [-0.3, -0.25) is 4.79 Å². The first-order valence-electron chi connectivity index (χ1n) is 8.80. The molecule has 132 valence electrons. The van der Waals surface area contributed by atoms with Gasteiger partial charge in [-0.05, 0) is 59.4 Å². The van der Waals surface area contributed by atoms with Crippen LogP contribution in [0.25, 0.3) is 11.1 Å². The molecule has 0 radical (unpaired) electrons. The van der Waals surface area contributed by atoms with E-state index in [9.17, 15) is 4.79 Å². The van der Waals surface area contributed by atoms with Crippen molar-refractivity contribution in [1.82, 2.24) is 5.32 Å². The third kappa shape index (κ3) is 3.48. The molecule has 2 aromatic carbocycles. The number of ether oxygens (including phenoxy) is 2. The largest absolute Gasteiger partial charge is 0.497 e. The maximum absolute atomic E-state index is 11.4. The zero-order chi connectivity index (χ0) is 17.8. The average Bonchev–Trinajstić information content (AvgIpc) is 2.96. The molecule has 0 aromatic heterocycles. The number of nitrogens with one attached hydrogen (secondary N) is 1. The molecule has 25 heavy (non-hydrogen) atoms. The summed E-state index contributed by atoms with van der Waals surface area (Å²) in [7, 11) is 3.39. The van der Waals surface area contributed by atoms with Crippen molar-refractivity contribution in [2.45, 2.75) is 32.1 Å². The van der Waals surface area contributed by atoms with Gasteiger partial charge in [0.15, 0.2) is 0 Å². The third-order valence-electron chi connectivity index (χ3n) is 4.87. The Hall–Kier alpha value is -2.49. The zero-order valence-corrected chi connectivity index (χ0v) is 15.1. The van der Waals surface area contributed by atoms with E-state index in [1.54, 1.807) is 14.2 Å². The second-order valence-corrected chi connectivity index (χ2v) is 6.30. The molecule has 0 fully saturated rings. The van der Waals surface area contributed by atoms with E-state index in [4.69, 9.17) is 9.47 Å². The van der Waals surface area contributed by atoms with Crippen molar-refractivity contribution in [3.05, 3.63) is 47.5 Å². The highest BCUT2D eigenvalue weighted by atomic mass is 16.5. The van der Waals surface area contributed by atoms with Crippen molar-refractivity contribution in [3.8, 4) is 22.6 Å². The van der Waals surface area contributed by atoms with Gasteiger partial charge < -0.3 is 14.8 Å². The molecule has 0 saturated heterocycles. The first-order chi connectivity index (χ1) is 12.2. The summed E-state index contributed by atoms with van der Waals surface area (Å²) in [5, 5.41) is 2.96. The van der Waals surface area contributed by atoms with E-state index >= 15 is 0 Å². The molecule has 1 amide bonds. The maximum atomic E-state index is 11.4. The Morgan fingerprint density at radius 1 is 1.00 bits per heavy atom. The number of amides is 1. The monoisotopic (exact) mass is 339 g/mol. The molecule has 2 aromatic rings. The fraction of sp³-hybridized carbons (Fsp3) is 0.381. The summed E-state index contributed by atoms with van der Waals surface area (Å²) in [6.45, 7) is 2.58. The first kappa shape index (κ1) is 17.3. The summed E-state index contributed by atoms with van der Waals surface area (Å²) >= 11 is 0. The normalized spacial score (nSPS) is 12.4. The van der Waals surface area contributed by atoms with E-state index in [1.807, 2.05) is 19.1 Å². The highest BCUT2D eigenvalue weighted by Gasteiger charge is 2.29. The average molecular weight is 339 g/mol. The Bertz CT molecular complexity index is 716. The molecule has 0 unspecified atom stereocenters. The Morgan fingerprint density at radius 2 is 1.56 bits per heavy atom. The van der Waals surface area contributed by atoms with Crippen LogP contribution in [0, 0.1) is 0 Å². The molecule has 4 heteroatoms. The van der Waals surface area contributed by atoms with Gasteiger partial charge in [0.25, 0.3) is 0 Å². The van der Waals surface area contributed by atoms with E-state index in [0.717, 1.165) is 24.3 Å². The zero-order valence-electron chi connectivity index (χ0n) is 15.1. The van der Waals surface area contributed by atoms with Crippen LogP contribution in [0.3, 0.4) is 0 Å². The molecule has 0 aliphatic heterocycles. The van der Waals surface area contributed by atoms with Gasteiger partial charge in [0.05, 0.1) is 14.2 Å². The fourth-order valence-corrected chi connectivity index (χ4v) is 3.54. The second kappa shape index (κ2) is 7.60. The number of hydrogen-bond acceptors (Lipinski definition) is 3. The van der Waals surface area contributed by atoms with Crippen molar-refractivity contribution in [2.24, 2.45) is 0 Å². The lowest BCUT2D eigenvalue weighted by Gasteiger charge is -2.15. The molecule has 0 saturated carbocycles. The molecule has 0 bridgehead atoms. The smallest absolute Gasteiger partial charge is 0.219 e. The fourth-order valence-electron chi connectivity index (χ4n) is 3.54. The summed E-state index contributed by atoms with van der Waals surface area (Å²) in [6.07, 6.45) is 2.44. The number of benzene rings is 2. The van der Waals surface area contributed by atoms with Crippen LogP contribution >= 0.6 is 0 Å². The minimum absolute atomic E-state index is 0.107. The van der Waals surface area contributed by atoms with Gasteiger partial charge >= 0.3 is 0 Å². The third-order valence-corrected chi connectivity index (χ3v) is 4.87. The Morgan fingerprint density at radius 3 is 2.04 bits per heavy atom. The summed E-state index contributed by atoms with van der Waals surface area (Å²) in [5.41, 5.74) is 5.12. The van der Waals surface area contributed by atoms with Crippen molar-refractivity contribution >= 4 is 5.91 Å². The van der Waals surface area contributed by atoms with Gasteiger partial charge in [-0.15, -0.1) is 0 Å². The van der Waals surface area contributed by atoms with Crippen LogP contribution in [0.1, 0.15) is 43.2 Å². The number of methoxy groups -OCH3 is 2. The SMILES string of the molecule is CCC(=O)NCCCC1c2cc(OC)ccc2-c2ccc(OC)cc21. The molecule has 4 nitrogen and oxygen atoms in total. The van der Waals surface area contributed by atoms with Gasteiger partial charge in [-0.25, -0.2) is 0 Å². The lowest BCUT2D eigenvalue weighted by atomic mass is 9.92. The van der Waals surface area contributed by atoms with Crippen LogP contribution in [-0.4, -0.2) is 26.7 Å². The van der Waals surface area contributed by atoms with E-state index in [2.05, 4.69) is 29.6 Å². The van der Waals surface area contributed by atoms with Crippen LogP contribution < -0.4 is 14.8 Å². The molecule has 3 rings (SSSR count). The molecule has 0 heterocycles. The number of carbonyl (C=O) groups is 1. The lowest BCUT2D eigenvalue weighted by Crippen LogP contribution is -2.23. The van der Waals surface area contributed by atoms with Crippen molar-refractivity contribution in [3.63, 3.8) is 0 Å². The van der Waals surface area contributed by atoms with E-state index in [0.29, 0.717) is 18.9 Å². The van der Waals surface area contributed by atoms with Crippen LogP contribution in [-0.2, 0) is 4.79 Å². The molecule has 0 spiro atoms. The topological polar surface area (TPSA) is 47.6 Å². The first-order valence-corrected chi connectivity index (χ1v) is 8.80. The van der Waals surface area contributed by atoms with Crippen LogP contribution in [0.4, 0.5) is 0 Å². The van der Waals surface area contributed by atoms with Crippen LogP contribution in [0.5, 0.6) is 11.5 Å². The van der Waals surface area contributed by atoms with Crippen molar-refractivity contribution < 1.29 is 14.3 Å². The van der Waals surface area contributed by atoms with Gasteiger partial charge in [-0.2, -0.15) is 0 Å². The Kier molecular flexibility index (Phi) is 5.27. The van der Waals surface area contributed by atoms with Crippen LogP contribution in [0.15, 0.2) is 36.4 Å². The Labute approximate surface area is 149 Å². The minimum atomic E-state index is 0.107. The summed E-state index contributed by atoms with van der Waals surface area (Å²) in [4.78, 5) is 11.4. The van der Waals surface area contributed by atoms with E-state index in [-0.39, 0.29) is 5.91 Å². The number of rotatable bonds is 7. The highest BCUT2D eigenvalue weighted by Crippen LogP contribution is 2.48. The number of fused-ring (bicyclic) bond motifs is 3. The molecular formula is C21H25NO3. The molecule has 1 aliphatic carbocycles. The van der Waals surface area contributed by atoms with Crippen molar-refractivity contribution in [1.29, 1.82) is 0 Å². The summed E-state index contributed by atoms with van der Waals surface area (Å²) < 4.78 is 10.8. The summed E-state index contributed by atoms with van der Waals surface area (Å²) in [5.74, 6) is 2.16. The van der Waals surface area contributed by atoms with Crippen molar-refractivity contribution in [2.75, 3.05) is 20.8 Å². The number of hydrogen-bond donors (Lipinski definition) is 1. The number of carbonyl (C=O) groups excluding carboxylic acids is 1. The minimum Gasteiger partial charge on any atom is -0.497 e. The highest BCUT2D eigenvalue weighted by molar-refractivity contribution is 5.80. The maximum Gasteiger partial charge on any atom is 0.219 e. The predicted octanol–water partition coefficient (Wildman–Crippen LogP) is 4.12. The van der Waals surface area contributed by atoms with E-state index in [1.165, 1.54) is 22.3 Å². The van der Waals surface area contributed by atoms with Gasteiger partial charge in [0, 0.05) is 18.9 Å². The standard InChI is InChI=1S/C21H25NO3/c1-4-21(23)22-11-5-6-16-19-12-14(24-2)7-9-17(19)18-10-8-15(25-3)13-20(16)18/h7-10,12-13,16H,4-6,11H2,1-3H3,(H,22,23). The molecular weight excluding hydrogens is 314 g/mol. The quantitative estimate of drug-likeness (QED) is 0.772. The molecule has 1 aliphatic rings. The molecule has 0 atom stereocenters. The summed E-state index contributed by atoms with van der Waals surface area (Å²) in [6, 6.07) is 12.6. The van der Waals surface area contributed by atoms with Gasteiger partial charge in [0.1, 0.15) is 11.5 Å². The second-order valence-electron chi connectivity index (χ2n) is 6.30. The van der Waals surface area contributed by atoms with Gasteiger partial charge in [-0.1, -0.05) is 19.1 Å². The predicted molar refractivity (Wildman–Crippen MR) is 99.4 cm³/mol. The van der Waals surface area contributed by atoms with Gasteiger partial charge in [0.2, 0.25) is 5.91 Å².